The second kappa shape index (κ2) is 12.4. The number of nitrogens with two attached hydrogens (primary N) is 1. The van der Waals surface area contributed by atoms with E-state index in [4.69, 9.17) is 19.9 Å². The summed E-state index contributed by atoms with van der Waals surface area (Å²) >= 11 is 1.54. The maximum Gasteiger partial charge on any atom is 0.322 e. The van der Waals surface area contributed by atoms with E-state index in [-0.39, 0.29) is 18.7 Å². The lowest BCUT2D eigenvalue weighted by molar-refractivity contribution is -0.144. The van der Waals surface area contributed by atoms with Crippen LogP contribution in [-0.2, 0) is 19.0 Å². The number of hydrogen-bond donors (Lipinski definition) is 2. The molecule has 0 rings (SSSR count). The fraction of sp³-hybridized carbons (Fsp3) is 0.923. The average molecular weight is 309 g/mol. The van der Waals surface area contributed by atoms with Crippen molar-refractivity contribution >= 4 is 17.7 Å². The summed E-state index contributed by atoms with van der Waals surface area (Å²) in [5.74, 6) is 0.880. The Balaban J connectivity index is 3.56. The van der Waals surface area contributed by atoms with Gasteiger partial charge in [0.15, 0.2) is 0 Å². The first-order valence-corrected chi connectivity index (χ1v) is 7.95. The fourth-order valence-corrected chi connectivity index (χ4v) is 2.36. The van der Waals surface area contributed by atoms with E-state index in [9.17, 15) is 9.90 Å². The molecule has 0 aliphatic rings. The van der Waals surface area contributed by atoms with Crippen LogP contribution in [0.1, 0.15) is 20.3 Å². The van der Waals surface area contributed by atoms with Gasteiger partial charge in [-0.25, -0.2) is 0 Å². The van der Waals surface area contributed by atoms with Gasteiger partial charge in [-0.05, 0) is 26.0 Å². The number of ether oxygens (including phenoxy) is 3. The number of aliphatic hydroxyl groups is 1. The molecule has 0 bridgehead atoms. The number of rotatable bonds is 12. The molecule has 0 heterocycles. The Morgan fingerprint density at radius 1 is 1.40 bits per heavy atom. The van der Waals surface area contributed by atoms with E-state index in [2.05, 4.69) is 0 Å². The highest BCUT2D eigenvalue weighted by molar-refractivity contribution is 7.99. The minimum atomic E-state index is -0.586. The molecule has 0 saturated heterocycles. The van der Waals surface area contributed by atoms with Gasteiger partial charge in [0, 0.05) is 12.9 Å². The molecule has 6 nitrogen and oxygen atoms in total. The van der Waals surface area contributed by atoms with Crippen LogP contribution >= 0.6 is 11.8 Å². The van der Waals surface area contributed by atoms with Gasteiger partial charge < -0.3 is 25.1 Å². The summed E-state index contributed by atoms with van der Waals surface area (Å²) < 4.78 is 15.2. The van der Waals surface area contributed by atoms with Crippen LogP contribution < -0.4 is 5.73 Å². The van der Waals surface area contributed by atoms with Gasteiger partial charge in [0.2, 0.25) is 0 Å². The minimum Gasteiger partial charge on any atom is -0.465 e. The van der Waals surface area contributed by atoms with Crippen LogP contribution in [-0.4, -0.2) is 67.8 Å². The number of thioether (sulfide) groups is 1. The van der Waals surface area contributed by atoms with Crippen LogP contribution in [0.4, 0.5) is 0 Å². The van der Waals surface area contributed by atoms with Crippen molar-refractivity contribution in [3.05, 3.63) is 0 Å². The molecule has 0 aliphatic carbocycles. The van der Waals surface area contributed by atoms with E-state index in [1.807, 2.05) is 6.92 Å². The van der Waals surface area contributed by atoms with Crippen LogP contribution in [0.5, 0.6) is 0 Å². The zero-order chi connectivity index (χ0) is 15.4. The molecule has 0 aliphatic heterocycles. The third-order valence-corrected chi connectivity index (χ3v) is 3.59. The molecule has 3 atom stereocenters. The predicted octanol–water partition coefficient (Wildman–Crippen LogP) is 0.413. The van der Waals surface area contributed by atoms with Crippen molar-refractivity contribution in [3.63, 3.8) is 0 Å². The molecule has 20 heavy (non-hydrogen) atoms. The summed E-state index contributed by atoms with van der Waals surface area (Å²) in [4.78, 5) is 11.3. The molecule has 3 unspecified atom stereocenters. The summed E-state index contributed by atoms with van der Waals surface area (Å²) in [5, 5.41) is 9.72. The summed E-state index contributed by atoms with van der Waals surface area (Å²) in [6.07, 6.45) is -0.0213. The molecule has 7 heteroatoms. The number of methoxy groups -OCH3 is 1. The Hall–Kier alpha value is -0.340. The molecule has 0 aromatic rings. The molecule has 0 radical (unpaired) electrons. The zero-order valence-electron chi connectivity index (χ0n) is 12.5. The van der Waals surface area contributed by atoms with Gasteiger partial charge in [0.25, 0.3) is 0 Å². The van der Waals surface area contributed by atoms with Crippen molar-refractivity contribution in [2.24, 2.45) is 5.73 Å². The van der Waals surface area contributed by atoms with Gasteiger partial charge >= 0.3 is 5.97 Å². The third kappa shape index (κ3) is 10.4. The quantitative estimate of drug-likeness (QED) is 0.398. The van der Waals surface area contributed by atoms with E-state index in [0.29, 0.717) is 31.1 Å². The first-order valence-electron chi connectivity index (χ1n) is 6.79. The first kappa shape index (κ1) is 19.7. The van der Waals surface area contributed by atoms with Gasteiger partial charge in [0.1, 0.15) is 6.04 Å². The van der Waals surface area contributed by atoms with E-state index >= 15 is 0 Å². The van der Waals surface area contributed by atoms with Gasteiger partial charge in [-0.1, -0.05) is 0 Å². The summed E-state index contributed by atoms with van der Waals surface area (Å²) in [5.41, 5.74) is 5.66. The Kier molecular flexibility index (Phi) is 12.2. The van der Waals surface area contributed by atoms with Crippen molar-refractivity contribution in [1.29, 1.82) is 0 Å². The Morgan fingerprint density at radius 2 is 2.10 bits per heavy atom. The highest BCUT2D eigenvalue weighted by Crippen LogP contribution is 2.08. The summed E-state index contributed by atoms with van der Waals surface area (Å²) in [7, 11) is 1.61. The molecule has 0 amide bonds. The van der Waals surface area contributed by atoms with Crippen molar-refractivity contribution in [1.82, 2.24) is 0 Å². The molecular weight excluding hydrogens is 282 g/mol. The number of hydrogen-bond acceptors (Lipinski definition) is 7. The Bertz CT molecular complexity index is 255. The summed E-state index contributed by atoms with van der Waals surface area (Å²) in [6.45, 7) is 4.77. The highest BCUT2D eigenvalue weighted by atomic mass is 32.2. The smallest absolute Gasteiger partial charge is 0.322 e. The van der Waals surface area contributed by atoms with Crippen molar-refractivity contribution in [3.8, 4) is 0 Å². The van der Waals surface area contributed by atoms with Crippen LogP contribution in [0.25, 0.3) is 0 Å². The maximum absolute atomic E-state index is 11.3. The van der Waals surface area contributed by atoms with E-state index in [1.54, 1.807) is 25.8 Å². The summed E-state index contributed by atoms with van der Waals surface area (Å²) in [6, 6.07) is -0.586. The van der Waals surface area contributed by atoms with Crippen LogP contribution in [0.3, 0.4) is 0 Å². The SMILES string of the molecule is CCOC(=O)C(N)CCSCC(O)COC(C)COC. The predicted molar refractivity (Wildman–Crippen MR) is 79.8 cm³/mol. The van der Waals surface area contributed by atoms with Crippen LogP contribution in [0.2, 0.25) is 0 Å². The van der Waals surface area contributed by atoms with E-state index in [0.717, 1.165) is 0 Å². The van der Waals surface area contributed by atoms with Crippen molar-refractivity contribution in [2.75, 3.05) is 38.4 Å². The monoisotopic (exact) mass is 309 g/mol. The van der Waals surface area contributed by atoms with Gasteiger partial charge in [0.05, 0.1) is 32.0 Å². The lowest BCUT2D eigenvalue weighted by Crippen LogP contribution is -2.33. The molecule has 0 fully saturated rings. The Morgan fingerprint density at radius 3 is 2.70 bits per heavy atom. The van der Waals surface area contributed by atoms with Gasteiger partial charge in [-0.3, -0.25) is 4.79 Å². The third-order valence-electron chi connectivity index (χ3n) is 2.45. The molecule has 120 valence electrons. The largest absolute Gasteiger partial charge is 0.465 e. The minimum absolute atomic E-state index is 0.0307. The van der Waals surface area contributed by atoms with Crippen LogP contribution in [0, 0.1) is 0 Å². The molecule has 0 spiro atoms. The second-order valence-electron chi connectivity index (χ2n) is 4.48. The fourth-order valence-electron chi connectivity index (χ4n) is 1.40. The lowest BCUT2D eigenvalue weighted by Gasteiger charge is -2.16. The van der Waals surface area contributed by atoms with Gasteiger partial charge in [-0.2, -0.15) is 11.8 Å². The zero-order valence-corrected chi connectivity index (χ0v) is 13.4. The van der Waals surface area contributed by atoms with Crippen molar-refractivity contribution < 1.29 is 24.1 Å². The lowest BCUT2D eigenvalue weighted by atomic mass is 10.2. The number of aliphatic hydroxyl groups excluding tert-OH is 1. The molecule has 3 N–H and O–H groups in total. The highest BCUT2D eigenvalue weighted by Gasteiger charge is 2.14. The van der Waals surface area contributed by atoms with Crippen LogP contribution in [0.15, 0.2) is 0 Å². The Labute approximate surface area is 125 Å². The van der Waals surface area contributed by atoms with Crippen molar-refractivity contribution in [2.45, 2.75) is 38.5 Å². The molecular formula is C13H27NO5S. The normalized spacial score (nSPS) is 15.7. The number of esters is 1. The second-order valence-corrected chi connectivity index (χ2v) is 5.63. The average Bonchev–Trinajstić information content (AvgIpc) is 2.41. The van der Waals surface area contributed by atoms with E-state index in [1.165, 1.54) is 0 Å². The number of carbonyl (C=O) groups excluding carboxylic acids is 1. The molecule has 0 aromatic heterocycles. The molecule has 0 saturated carbocycles. The van der Waals surface area contributed by atoms with E-state index < -0.39 is 12.1 Å². The van der Waals surface area contributed by atoms with Gasteiger partial charge in [-0.15, -0.1) is 0 Å². The number of carbonyl (C=O) groups is 1. The first-order chi connectivity index (χ1) is 9.51. The molecule has 0 aromatic carbocycles. The standard InChI is InChI=1S/C13H27NO5S/c1-4-18-13(16)12(14)5-6-20-9-11(15)8-19-10(2)7-17-3/h10-12,15H,4-9,14H2,1-3H3. The maximum atomic E-state index is 11.3. The topological polar surface area (TPSA) is 91.0 Å².